The van der Waals surface area contributed by atoms with Gasteiger partial charge in [0.05, 0.1) is 16.6 Å². The quantitative estimate of drug-likeness (QED) is 0.511. The SMILES string of the molecule is CCCOc1ccc(C(=O)Oc2ccc(C)c(Cl)c2)cc1Br. The molecule has 0 radical (unpaired) electrons. The number of halogens is 2. The van der Waals surface area contributed by atoms with Gasteiger partial charge in [0.2, 0.25) is 0 Å². The molecule has 0 aliphatic rings. The highest BCUT2D eigenvalue weighted by atomic mass is 79.9. The number of ether oxygens (including phenoxy) is 2. The summed E-state index contributed by atoms with van der Waals surface area (Å²) >= 11 is 9.42. The molecule has 0 saturated carbocycles. The first kappa shape index (κ1) is 16.8. The summed E-state index contributed by atoms with van der Waals surface area (Å²) in [4.78, 5) is 12.2. The summed E-state index contributed by atoms with van der Waals surface area (Å²) in [6.45, 7) is 4.55. The molecule has 2 aromatic rings. The third-order valence-corrected chi connectivity index (χ3v) is 4.01. The topological polar surface area (TPSA) is 35.5 Å². The molecule has 0 spiro atoms. The standard InChI is InChI=1S/C17H16BrClO3/c1-3-8-21-16-7-5-12(9-14(16)18)17(20)22-13-6-4-11(2)15(19)10-13/h4-7,9-10H,3,8H2,1-2H3. The highest BCUT2D eigenvalue weighted by Gasteiger charge is 2.12. The summed E-state index contributed by atoms with van der Waals surface area (Å²) in [6, 6.07) is 10.3. The average molecular weight is 384 g/mol. The van der Waals surface area contributed by atoms with Crippen molar-refractivity contribution in [2.24, 2.45) is 0 Å². The molecule has 22 heavy (non-hydrogen) atoms. The van der Waals surface area contributed by atoms with Gasteiger partial charge in [-0.1, -0.05) is 24.6 Å². The van der Waals surface area contributed by atoms with Crippen LogP contribution in [0.2, 0.25) is 5.02 Å². The zero-order chi connectivity index (χ0) is 16.1. The Hall–Kier alpha value is -1.52. The molecule has 3 nitrogen and oxygen atoms in total. The van der Waals surface area contributed by atoms with Gasteiger partial charge in [0, 0.05) is 5.02 Å². The van der Waals surface area contributed by atoms with Crippen molar-refractivity contribution in [1.82, 2.24) is 0 Å². The summed E-state index contributed by atoms with van der Waals surface area (Å²) < 4.78 is 11.6. The first-order chi connectivity index (χ1) is 10.5. The van der Waals surface area contributed by atoms with Gasteiger partial charge in [0.15, 0.2) is 0 Å². The number of carbonyl (C=O) groups excluding carboxylic acids is 1. The van der Waals surface area contributed by atoms with E-state index in [1.165, 1.54) is 0 Å². The molecule has 0 amide bonds. The smallest absolute Gasteiger partial charge is 0.343 e. The molecular weight excluding hydrogens is 368 g/mol. The minimum absolute atomic E-state index is 0.419. The number of rotatable bonds is 5. The number of aryl methyl sites for hydroxylation is 1. The van der Waals surface area contributed by atoms with E-state index < -0.39 is 5.97 Å². The molecule has 0 unspecified atom stereocenters. The van der Waals surface area contributed by atoms with Crippen molar-refractivity contribution in [2.45, 2.75) is 20.3 Å². The van der Waals surface area contributed by atoms with Crippen LogP contribution in [-0.4, -0.2) is 12.6 Å². The third kappa shape index (κ3) is 4.24. The van der Waals surface area contributed by atoms with Crippen LogP contribution in [0.15, 0.2) is 40.9 Å². The Morgan fingerprint density at radius 1 is 1.23 bits per heavy atom. The van der Waals surface area contributed by atoms with E-state index >= 15 is 0 Å². The predicted molar refractivity (Wildman–Crippen MR) is 91.1 cm³/mol. The first-order valence-corrected chi connectivity index (χ1v) is 8.09. The Morgan fingerprint density at radius 3 is 2.64 bits per heavy atom. The average Bonchev–Trinajstić information content (AvgIpc) is 2.49. The van der Waals surface area contributed by atoms with Crippen molar-refractivity contribution in [2.75, 3.05) is 6.61 Å². The number of hydrogen-bond acceptors (Lipinski definition) is 3. The van der Waals surface area contributed by atoms with E-state index in [0.717, 1.165) is 16.5 Å². The van der Waals surface area contributed by atoms with Crippen molar-refractivity contribution < 1.29 is 14.3 Å². The highest BCUT2D eigenvalue weighted by Crippen LogP contribution is 2.27. The Morgan fingerprint density at radius 2 is 2.00 bits per heavy atom. The lowest BCUT2D eigenvalue weighted by atomic mass is 10.2. The molecule has 2 aromatic carbocycles. The van der Waals surface area contributed by atoms with Crippen LogP contribution in [0, 0.1) is 6.92 Å². The monoisotopic (exact) mass is 382 g/mol. The van der Waals surface area contributed by atoms with E-state index in [1.54, 1.807) is 30.3 Å². The molecule has 116 valence electrons. The van der Waals surface area contributed by atoms with E-state index in [-0.39, 0.29) is 0 Å². The number of hydrogen-bond donors (Lipinski definition) is 0. The fraction of sp³-hybridized carbons (Fsp3) is 0.235. The van der Waals surface area contributed by atoms with E-state index in [1.807, 2.05) is 19.9 Å². The lowest BCUT2D eigenvalue weighted by molar-refractivity contribution is 0.0734. The Balaban J connectivity index is 2.12. The lowest BCUT2D eigenvalue weighted by Gasteiger charge is -2.09. The van der Waals surface area contributed by atoms with Crippen LogP contribution in [0.1, 0.15) is 29.3 Å². The Bertz CT molecular complexity index is 686. The minimum Gasteiger partial charge on any atom is -0.492 e. The number of esters is 1. The maximum Gasteiger partial charge on any atom is 0.343 e. The van der Waals surface area contributed by atoms with Crippen LogP contribution < -0.4 is 9.47 Å². The third-order valence-electron chi connectivity index (χ3n) is 2.98. The molecule has 0 heterocycles. The molecule has 0 aromatic heterocycles. The summed E-state index contributed by atoms with van der Waals surface area (Å²) in [5.41, 5.74) is 1.37. The van der Waals surface area contributed by atoms with E-state index in [2.05, 4.69) is 15.9 Å². The highest BCUT2D eigenvalue weighted by molar-refractivity contribution is 9.10. The van der Waals surface area contributed by atoms with Crippen molar-refractivity contribution in [3.8, 4) is 11.5 Å². The normalized spacial score (nSPS) is 10.4. The fourth-order valence-electron chi connectivity index (χ4n) is 1.76. The fourth-order valence-corrected chi connectivity index (χ4v) is 2.42. The van der Waals surface area contributed by atoms with E-state index in [4.69, 9.17) is 21.1 Å². The summed E-state index contributed by atoms with van der Waals surface area (Å²) in [6.07, 6.45) is 0.921. The van der Waals surface area contributed by atoms with Gasteiger partial charge >= 0.3 is 5.97 Å². The van der Waals surface area contributed by atoms with Crippen LogP contribution in [-0.2, 0) is 0 Å². The van der Waals surface area contributed by atoms with Crippen LogP contribution in [0.4, 0.5) is 0 Å². The van der Waals surface area contributed by atoms with Gasteiger partial charge in [-0.2, -0.15) is 0 Å². The van der Waals surface area contributed by atoms with Crippen molar-refractivity contribution in [3.63, 3.8) is 0 Å². The molecule has 0 N–H and O–H groups in total. The molecular formula is C17H16BrClO3. The van der Waals surface area contributed by atoms with Crippen LogP contribution in [0.25, 0.3) is 0 Å². The zero-order valence-electron chi connectivity index (χ0n) is 12.4. The minimum atomic E-state index is -0.442. The van der Waals surface area contributed by atoms with Gasteiger partial charge in [-0.15, -0.1) is 0 Å². The second-order valence-electron chi connectivity index (χ2n) is 4.79. The molecule has 0 saturated heterocycles. The maximum atomic E-state index is 12.2. The second-order valence-corrected chi connectivity index (χ2v) is 6.06. The van der Waals surface area contributed by atoms with Crippen LogP contribution >= 0.6 is 27.5 Å². The summed E-state index contributed by atoms with van der Waals surface area (Å²) in [7, 11) is 0. The van der Waals surface area contributed by atoms with Crippen molar-refractivity contribution >= 4 is 33.5 Å². The van der Waals surface area contributed by atoms with Crippen LogP contribution in [0.5, 0.6) is 11.5 Å². The molecule has 5 heteroatoms. The van der Waals surface area contributed by atoms with E-state index in [0.29, 0.717) is 28.7 Å². The number of carbonyl (C=O) groups is 1. The molecule has 2 rings (SSSR count). The molecule has 0 aliphatic heterocycles. The van der Waals surface area contributed by atoms with Gasteiger partial charge in [-0.3, -0.25) is 0 Å². The summed E-state index contributed by atoms with van der Waals surface area (Å²) in [5.74, 6) is 0.683. The molecule has 0 aliphatic carbocycles. The Labute approximate surface area is 143 Å². The van der Waals surface area contributed by atoms with Crippen molar-refractivity contribution in [3.05, 3.63) is 57.0 Å². The zero-order valence-corrected chi connectivity index (χ0v) is 14.7. The second kappa shape index (κ2) is 7.65. The molecule has 0 atom stereocenters. The predicted octanol–water partition coefficient (Wildman–Crippen LogP) is 5.42. The van der Waals surface area contributed by atoms with Crippen molar-refractivity contribution in [1.29, 1.82) is 0 Å². The van der Waals surface area contributed by atoms with Gasteiger partial charge < -0.3 is 9.47 Å². The van der Waals surface area contributed by atoms with Gasteiger partial charge in [-0.05, 0) is 65.2 Å². The van der Waals surface area contributed by atoms with E-state index in [9.17, 15) is 4.79 Å². The molecule has 0 fully saturated rings. The lowest BCUT2D eigenvalue weighted by Crippen LogP contribution is -2.09. The van der Waals surface area contributed by atoms with Gasteiger partial charge in [0.1, 0.15) is 11.5 Å². The Kier molecular flexibility index (Phi) is 5.86. The van der Waals surface area contributed by atoms with Gasteiger partial charge in [-0.25, -0.2) is 4.79 Å². The van der Waals surface area contributed by atoms with Crippen LogP contribution in [0.3, 0.4) is 0 Å². The maximum absolute atomic E-state index is 12.2. The van der Waals surface area contributed by atoms with Gasteiger partial charge in [0.25, 0.3) is 0 Å². The largest absolute Gasteiger partial charge is 0.492 e. The summed E-state index contributed by atoms with van der Waals surface area (Å²) in [5, 5.41) is 0.565. The first-order valence-electron chi connectivity index (χ1n) is 6.92. The number of benzene rings is 2. The molecule has 0 bridgehead atoms.